The molecule has 0 N–H and O–H groups in total. The van der Waals surface area contributed by atoms with Crippen LogP contribution in [0, 0.1) is 25.6 Å². The Bertz CT molecular complexity index is 700. The first-order valence-electron chi connectivity index (χ1n) is 8.54. The summed E-state index contributed by atoms with van der Waals surface area (Å²) in [4.78, 5) is 14.3. The van der Waals surface area contributed by atoms with Crippen molar-refractivity contribution in [2.24, 2.45) is 5.92 Å². The van der Waals surface area contributed by atoms with Crippen LogP contribution in [0.1, 0.15) is 29.8 Å². The van der Waals surface area contributed by atoms with Gasteiger partial charge in [0.15, 0.2) is 0 Å². The first-order chi connectivity index (χ1) is 11.5. The molecule has 2 aromatic rings. The van der Waals surface area contributed by atoms with Crippen molar-refractivity contribution in [3.63, 3.8) is 0 Å². The molecule has 1 amide bonds. The van der Waals surface area contributed by atoms with E-state index in [2.05, 4.69) is 22.8 Å². The number of aromatic nitrogens is 2. The van der Waals surface area contributed by atoms with E-state index < -0.39 is 0 Å². The van der Waals surface area contributed by atoms with Gasteiger partial charge in [-0.15, -0.1) is 0 Å². The van der Waals surface area contributed by atoms with Gasteiger partial charge in [-0.1, -0.05) is 12.1 Å². The van der Waals surface area contributed by atoms with Gasteiger partial charge >= 0.3 is 0 Å². The second-order valence-electron chi connectivity index (χ2n) is 6.74. The van der Waals surface area contributed by atoms with Crippen LogP contribution >= 0.6 is 0 Å². The van der Waals surface area contributed by atoms with Crippen LogP contribution in [0.4, 0.5) is 4.39 Å². The van der Waals surface area contributed by atoms with Gasteiger partial charge in [0, 0.05) is 25.3 Å². The zero-order chi connectivity index (χ0) is 17.1. The standard InChI is InChI=1S/C19H24FN3O/c1-14-11-15(2)23(21-14)13-17-7-9-22(10-8-17)19(24)12-16-3-5-18(20)6-4-16/h3-6,11,17H,7-10,12-13H2,1-2H3. The van der Waals surface area contributed by atoms with E-state index in [1.165, 1.54) is 17.8 Å². The van der Waals surface area contributed by atoms with E-state index >= 15 is 0 Å². The Balaban J connectivity index is 1.50. The molecule has 1 fully saturated rings. The summed E-state index contributed by atoms with van der Waals surface area (Å²) < 4.78 is 15.0. The average Bonchev–Trinajstić information content (AvgIpc) is 2.88. The molecular formula is C19H24FN3O. The molecule has 0 spiro atoms. The number of piperidine rings is 1. The molecule has 0 atom stereocenters. The summed E-state index contributed by atoms with van der Waals surface area (Å²) in [6, 6.07) is 8.28. The molecule has 2 heterocycles. The van der Waals surface area contributed by atoms with E-state index in [1.807, 2.05) is 11.8 Å². The highest BCUT2D eigenvalue weighted by atomic mass is 19.1. The third kappa shape index (κ3) is 4.02. The highest BCUT2D eigenvalue weighted by Gasteiger charge is 2.23. The van der Waals surface area contributed by atoms with Gasteiger partial charge in [-0.2, -0.15) is 5.10 Å². The Kier molecular flexibility index (Phi) is 4.97. The normalized spacial score (nSPS) is 15.7. The molecule has 5 heteroatoms. The minimum Gasteiger partial charge on any atom is -0.342 e. The Hall–Kier alpha value is -2.17. The van der Waals surface area contributed by atoms with Crippen LogP contribution in [0.2, 0.25) is 0 Å². The summed E-state index contributed by atoms with van der Waals surface area (Å²) >= 11 is 0. The van der Waals surface area contributed by atoms with Gasteiger partial charge in [0.2, 0.25) is 5.91 Å². The van der Waals surface area contributed by atoms with E-state index in [0.29, 0.717) is 12.3 Å². The van der Waals surface area contributed by atoms with Gasteiger partial charge < -0.3 is 4.90 Å². The number of amides is 1. The van der Waals surface area contributed by atoms with Crippen LogP contribution in [-0.4, -0.2) is 33.7 Å². The number of aryl methyl sites for hydroxylation is 2. The van der Waals surface area contributed by atoms with Crippen molar-refractivity contribution in [1.82, 2.24) is 14.7 Å². The van der Waals surface area contributed by atoms with Crippen molar-refractivity contribution in [1.29, 1.82) is 0 Å². The monoisotopic (exact) mass is 329 g/mol. The SMILES string of the molecule is Cc1cc(C)n(CC2CCN(C(=O)Cc3ccc(F)cc3)CC2)n1. The summed E-state index contributed by atoms with van der Waals surface area (Å²) in [5.41, 5.74) is 3.12. The highest BCUT2D eigenvalue weighted by molar-refractivity contribution is 5.78. The number of carbonyl (C=O) groups excluding carboxylic acids is 1. The summed E-state index contributed by atoms with van der Waals surface area (Å²) in [6.45, 7) is 6.62. The van der Waals surface area contributed by atoms with Gasteiger partial charge in [-0.05, 0) is 56.4 Å². The lowest BCUT2D eigenvalue weighted by atomic mass is 9.96. The lowest BCUT2D eigenvalue weighted by molar-refractivity contribution is -0.131. The summed E-state index contributed by atoms with van der Waals surface area (Å²) in [5.74, 6) is 0.431. The molecule has 0 saturated carbocycles. The molecule has 128 valence electrons. The van der Waals surface area contributed by atoms with Crippen molar-refractivity contribution in [2.75, 3.05) is 13.1 Å². The molecule has 4 nitrogen and oxygen atoms in total. The van der Waals surface area contributed by atoms with E-state index in [0.717, 1.165) is 43.7 Å². The van der Waals surface area contributed by atoms with Crippen molar-refractivity contribution < 1.29 is 9.18 Å². The molecule has 24 heavy (non-hydrogen) atoms. The fraction of sp³-hybridized carbons (Fsp3) is 0.474. The molecule has 0 aliphatic carbocycles. The lowest BCUT2D eigenvalue weighted by Gasteiger charge is -2.32. The van der Waals surface area contributed by atoms with Crippen LogP contribution in [0.15, 0.2) is 30.3 Å². The Morgan fingerprint density at radius 2 is 1.88 bits per heavy atom. The number of hydrogen-bond donors (Lipinski definition) is 0. The van der Waals surface area contributed by atoms with Gasteiger partial charge in [0.1, 0.15) is 5.82 Å². The molecule has 3 rings (SSSR count). The van der Waals surface area contributed by atoms with Gasteiger partial charge in [-0.3, -0.25) is 9.48 Å². The third-order valence-electron chi connectivity index (χ3n) is 4.77. The Labute approximate surface area is 142 Å². The maximum absolute atomic E-state index is 12.9. The van der Waals surface area contributed by atoms with E-state index in [1.54, 1.807) is 12.1 Å². The molecular weight excluding hydrogens is 305 g/mol. The van der Waals surface area contributed by atoms with Crippen molar-refractivity contribution >= 4 is 5.91 Å². The fourth-order valence-electron chi connectivity index (χ4n) is 3.36. The second kappa shape index (κ2) is 7.16. The Morgan fingerprint density at radius 1 is 1.21 bits per heavy atom. The first kappa shape index (κ1) is 16.7. The third-order valence-corrected chi connectivity index (χ3v) is 4.77. The summed E-state index contributed by atoms with van der Waals surface area (Å²) in [6.07, 6.45) is 2.36. The predicted molar refractivity (Wildman–Crippen MR) is 91.1 cm³/mol. The number of hydrogen-bond acceptors (Lipinski definition) is 2. The minimum absolute atomic E-state index is 0.131. The van der Waals surface area contributed by atoms with E-state index in [-0.39, 0.29) is 11.7 Å². The maximum Gasteiger partial charge on any atom is 0.226 e. The molecule has 1 aromatic heterocycles. The number of halogens is 1. The van der Waals surface area contributed by atoms with E-state index in [4.69, 9.17) is 0 Å². The lowest BCUT2D eigenvalue weighted by Crippen LogP contribution is -2.40. The van der Waals surface area contributed by atoms with Crippen molar-refractivity contribution in [2.45, 2.75) is 39.7 Å². The van der Waals surface area contributed by atoms with Crippen LogP contribution in [-0.2, 0) is 17.8 Å². The number of likely N-dealkylation sites (tertiary alicyclic amines) is 1. The zero-order valence-electron chi connectivity index (χ0n) is 14.3. The summed E-state index contributed by atoms with van der Waals surface area (Å²) in [5, 5.41) is 4.53. The molecule has 1 saturated heterocycles. The number of carbonyl (C=O) groups is 1. The van der Waals surface area contributed by atoms with Gasteiger partial charge in [0.25, 0.3) is 0 Å². The molecule has 0 radical (unpaired) electrons. The quantitative estimate of drug-likeness (QED) is 0.864. The first-order valence-corrected chi connectivity index (χ1v) is 8.54. The molecule has 0 bridgehead atoms. The van der Waals surface area contributed by atoms with Gasteiger partial charge in [0.05, 0.1) is 12.1 Å². The van der Waals surface area contributed by atoms with Crippen molar-refractivity contribution in [3.05, 3.63) is 53.1 Å². The molecule has 1 aromatic carbocycles. The van der Waals surface area contributed by atoms with Crippen LogP contribution in [0.3, 0.4) is 0 Å². The van der Waals surface area contributed by atoms with E-state index in [9.17, 15) is 9.18 Å². The summed E-state index contributed by atoms with van der Waals surface area (Å²) in [7, 11) is 0. The average molecular weight is 329 g/mol. The topological polar surface area (TPSA) is 38.1 Å². The highest BCUT2D eigenvalue weighted by Crippen LogP contribution is 2.20. The fourth-order valence-corrected chi connectivity index (χ4v) is 3.36. The molecule has 0 unspecified atom stereocenters. The van der Waals surface area contributed by atoms with Crippen LogP contribution in [0.5, 0.6) is 0 Å². The predicted octanol–water partition coefficient (Wildman–Crippen LogP) is 3.12. The van der Waals surface area contributed by atoms with Crippen LogP contribution in [0.25, 0.3) is 0 Å². The zero-order valence-corrected chi connectivity index (χ0v) is 14.3. The smallest absolute Gasteiger partial charge is 0.226 e. The van der Waals surface area contributed by atoms with Crippen LogP contribution < -0.4 is 0 Å². The second-order valence-corrected chi connectivity index (χ2v) is 6.74. The van der Waals surface area contributed by atoms with Crippen molar-refractivity contribution in [3.8, 4) is 0 Å². The maximum atomic E-state index is 12.9. The minimum atomic E-state index is -0.267. The Morgan fingerprint density at radius 3 is 2.46 bits per heavy atom. The molecule has 1 aliphatic heterocycles. The number of rotatable bonds is 4. The molecule has 1 aliphatic rings. The number of nitrogens with zero attached hydrogens (tertiary/aromatic N) is 3. The largest absolute Gasteiger partial charge is 0.342 e. The number of benzene rings is 1. The van der Waals surface area contributed by atoms with Gasteiger partial charge in [-0.25, -0.2) is 4.39 Å².